The number of carboxylic acid groups (broad SMARTS) is 1. The van der Waals surface area contributed by atoms with Crippen molar-refractivity contribution in [3.63, 3.8) is 0 Å². The van der Waals surface area contributed by atoms with Gasteiger partial charge in [0.2, 0.25) is 6.10 Å². The van der Waals surface area contributed by atoms with Crippen LogP contribution in [0.15, 0.2) is 22.9 Å². The average Bonchev–Trinajstić information content (AvgIpc) is 2.36. The second-order valence-corrected chi connectivity index (χ2v) is 4.54. The van der Waals surface area contributed by atoms with E-state index in [0.717, 1.165) is 12.3 Å². The van der Waals surface area contributed by atoms with E-state index in [2.05, 4.69) is 5.16 Å². The third-order valence-electron chi connectivity index (χ3n) is 2.68. The fourth-order valence-electron chi connectivity index (χ4n) is 1.88. The largest absolute Gasteiger partial charge is 0.478 e. The van der Waals surface area contributed by atoms with Crippen LogP contribution in [-0.4, -0.2) is 34.8 Å². The number of alkyl halides is 3. The van der Waals surface area contributed by atoms with Crippen molar-refractivity contribution in [2.75, 3.05) is 0 Å². The number of hydrogen-bond donors (Lipinski definition) is 2. The number of benzene rings is 1. The van der Waals surface area contributed by atoms with Gasteiger partial charge >= 0.3 is 12.1 Å². The molecule has 112 valence electrons. The minimum absolute atomic E-state index is 0.00469. The van der Waals surface area contributed by atoms with E-state index in [-0.39, 0.29) is 21.9 Å². The number of carbonyl (C=O) groups is 1. The van der Waals surface area contributed by atoms with Crippen LogP contribution >= 0.6 is 11.6 Å². The summed E-state index contributed by atoms with van der Waals surface area (Å²) in [6.45, 7) is 0. The molecule has 1 atom stereocenters. The summed E-state index contributed by atoms with van der Waals surface area (Å²) in [4.78, 5) is 11.0. The fraction of sp³-hybridized carbons (Fsp3) is 0.167. The standard InChI is InChI=1S/C12H7ClF3NO4/c13-7-1-5-3-8(11(18)19)10(12(14,15)16)21-9(5)6(2-7)4-17-20/h1-4,10,20H,(H,18,19)/b17-4+. The molecule has 2 rings (SSSR count). The molecule has 0 bridgehead atoms. The second kappa shape index (κ2) is 5.28. The fourth-order valence-corrected chi connectivity index (χ4v) is 2.11. The van der Waals surface area contributed by atoms with Gasteiger partial charge < -0.3 is 15.1 Å². The van der Waals surface area contributed by atoms with E-state index in [9.17, 15) is 18.0 Å². The van der Waals surface area contributed by atoms with Crippen LogP contribution < -0.4 is 4.74 Å². The number of aliphatic carboxylic acids is 1. The van der Waals surface area contributed by atoms with Crippen molar-refractivity contribution < 1.29 is 33.0 Å². The number of fused-ring (bicyclic) bond motifs is 1. The van der Waals surface area contributed by atoms with Gasteiger partial charge in [-0.15, -0.1) is 0 Å². The van der Waals surface area contributed by atoms with Gasteiger partial charge in [0.15, 0.2) is 0 Å². The highest BCUT2D eigenvalue weighted by Crippen LogP contribution is 2.39. The molecule has 5 nitrogen and oxygen atoms in total. The molecule has 21 heavy (non-hydrogen) atoms. The van der Waals surface area contributed by atoms with E-state index in [1.54, 1.807) is 0 Å². The molecular formula is C12H7ClF3NO4. The lowest BCUT2D eigenvalue weighted by Gasteiger charge is -2.28. The van der Waals surface area contributed by atoms with Gasteiger partial charge in [-0.05, 0) is 18.2 Å². The Bertz CT molecular complexity index is 655. The van der Waals surface area contributed by atoms with E-state index in [0.29, 0.717) is 0 Å². The molecule has 0 fully saturated rings. The van der Waals surface area contributed by atoms with Crippen LogP contribution in [-0.2, 0) is 4.79 Å². The molecular weight excluding hydrogens is 315 g/mol. The van der Waals surface area contributed by atoms with E-state index < -0.39 is 23.8 Å². The topological polar surface area (TPSA) is 79.1 Å². The highest BCUT2D eigenvalue weighted by atomic mass is 35.5. The first kappa shape index (κ1) is 15.2. The van der Waals surface area contributed by atoms with Gasteiger partial charge in [-0.2, -0.15) is 13.2 Å². The molecule has 1 unspecified atom stereocenters. The van der Waals surface area contributed by atoms with Gasteiger partial charge in [0, 0.05) is 16.1 Å². The molecule has 1 aliphatic rings. The Kier molecular flexibility index (Phi) is 3.82. The number of rotatable bonds is 2. The molecule has 1 aliphatic heterocycles. The lowest BCUT2D eigenvalue weighted by atomic mass is 9.99. The Hall–Kier alpha value is -2.22. The van der Waals surface area contributed by atoms with Gasteiger partial charge in [-0.1, -0.05) is 16.8 Å². The molecule has 0 aromatic heterocycles. The first-order valence-electron chi connectivity index (χ1n) is 5.43. The first-order valence-corrected chi connectivity index (χ1v) is 5.81. The Morgan fingerprint density at radius 3 is 2.62 bits per heavy atom. The predicted molar refractivity (Wildman–Crippen MR) is 66.9 cm³/mol. The Morgan fingerprint density at radius 1 is 1.43 bits per heavy atom. The van der Waals surface area contributed by atoms with Crippen molar-refractivity contribution in [1.82, 2.24) is 0 Å². The number of oxime groups is 1. The summed E-state index contributed by atoms with van der Waals surface area (Å²) in [6, 6.07) is 2.48. The summed E-state index contributed by atoms with van der Waals surface area (Å²) in [5.74, 6) is -2.01. The predicted octanol–water partition coefficient (Wildman–Crippen LogP) is 2.94. The molecule has 0 amide bonds. The molecule has 0 saturated heterocycles. The molecule has 1 heterocycles. The summed E-state index contributed by atoms with van der Waals surface area (Å²) in [7, 11) is 0. The minimum Gasteiger partial charge on any atom is -0.478 e. The van der Waals surface area contributed by atoms with Crippen molar-refractivity contribution in [3.05, 3.63) is 33.9 Å². The molecule has 0 spiro atoms. The lowest BCUT2D eigenvalue weighted by Crippen LogP contribution is -2.40. The van der Waals surface area contributed by atoms with Gasteiger partial charge in [-0.3, -0.25) is 0 Å². The van der Waals surface area contributed by atoms with Crippen LogP contribution in [0.2, 0.25) is 5.02 Å². The number of halogens is 4. The van der Waals surface area contributed by atoms with E-state index in [4.69, 9.17) is 26.7 Å². The van der Waals surface area contributed by atoms with Gasteiger partial charge in [0.1, 0.15) is 5.75 Å². The normalized spacial score (nSPS) is 18.1. The zero-order valence-electron chi connectivity index (χ0n) is 10.1. The van der Waals surface area contributed by atoms with Gasteiger partial charge in [0.25, 0.3) is 0 Å². The molecule has 0 aliphatic carbocycles. The summed E-state index contributed by atoms with van der Waals surface area (Å²) in [5, 5.41) is 20.2. The molecule has 0 radical (unpaired) electrons. The van der Waals surface area contributed by atoms with Crippen LogP contribution in [0.25, 0.3) is 6.08 Å². The van der Waals surface area contributed by atoms with Crippen LogP contribution in [0.3, 0.4) is 0 Å². The third kappa shape index (κ3) is 2.94. The number of ether oxygens (including phenoxy) is 1. The van der Waals surface area contributed by atoms with E-state index in [1.165, 1.54) is 12.1 Å². The minimum atomic E-state index is -4.91. The summed E-state index contributed by atoms with van der Waals surface area (Å²) < 4.78 is 43.5. The molecule has 1 aromatic rings. The third-order valence-corrected chi connectivity index (χ3v) is 2.90. The smallest absolute Gasteiger partial charge is 0.430 e. The van der Waals surface area contributed by atoms with Crippen LogP contribution in [0, 0.1) is 0 Å². The molecule has 1 aromatic carbocycles. The van der Waals surface area contributed by atoms with Crippen LogP contribution in [0.4, 0.5) is 13.2 Å². The monoisotopic (exact) mass is 321 g/mol. The maximum Gasteiger partial charge on any atom is 0.430 e. The Morgan fingerprint density at radius 2 is 2.10 bits per heavy atom. The molecule has 0 saturated carbocycles. The molecule has 2 N–H and O–H groups in total. The van der Waals surface area contributed by atoms with Crippen LogP contribution in [0.1, 0.15) is 11.1 Å². The maximum atomic E-state index is 12.9. The number of nitrogens with zero attached hydrogens (tertiary/aromatic N) is 1. The number of hydrogen-bond acceptors (Lipinski definition) is 4. The maximum absolute atomic E-state index is 12.9. The second-order valence-electron chi connectivity index (χ2n) is 4.10. The average molecular weight is 322 g/mol. The highest BCUT2D eigenvalue weighted by Gasteiger charge is 2.48. The summed E-state index contributed by atoms with van der Waals surface area (Å²) >= 11 is 5.77. The number of carboxylic acids is 1. The Balaban J connectivity index is 2.65. The Labute approximate surface area is 120 Å². The molecule has 9 heteroatoms. The summed E-state index contributed by atoms with van der Waals surface area (Å²) in [6.07, 6.45) is -5.85. The van der Waals surface area contributed by atoms with Crippen molar-refractivity contribution in [2.24, 2.45) is 5.16 Å². The SMILES string of the molecule is O=C(O)C1=Cc2cc(Cl)cc(/C=N/O)c2OC1C(F)(F)F. The first-order chi connectivity index (χ1) is 9.74. The lowest BCUT2D eigenvalue weighted by molar-refractivity contribution is -0.187. The van der Waals surface area contributed by atoms with E-state index in [1.807, 2.05) is 0 Å². The van der Waals surface area contributed by atoms with Gasteiger partial charge in [-0.25, -0.2) is 4.79 Å². The van der Waals surface area contributed by atoms with Crippen molar-refractivity contribution in [3.8, 4) is 5.75 Å². The van der Waals surface area contributed by atoms with Gasteiger partial charge in [0.05, 0.1) is 11.8 Å². The highest BCUT2D eigenvalue weighted by molar-refractivity contribution is 6.31. The van der Waals surface area contributed by atoms with Crippen molar-refractivity contribution >= 4 is 29.9 Å². The summed E-state index contributed by atoms with van der Waals surface area (Å²) in [5.41, 5.74) is -0.908. The zero-order chi connectivity index (χ0) is 15.8. The quantitative estimate of drug-likeness (QED) is 0.498. The van der Waals surface area contributed by atoms with Crippen LogP contribution in [0.5, 0.6) is 5.75 Å². The van der Waals surface area contributed by atoms with Crippen molar-refractivity contribution in [1.29, 1.82) is 0 Å². The van der Waals surface area contributed by atoms with Crippen molar-refractivity contribution in [2.45, 2.75) is 12.3 Å². The zero-order valence-corrected chi connectivity index (χ0v) is 10.8. The van der Waals surface area contributed by atoms with E-state index >= 15 is 0 Å².